The highest BCUT2D eigenvalue weighted by Gasteiger charge is 2.13. The minimum atomic E-state index is -0.422. The highest BCUT2D eigenvalue weighted by Crippen LogP contribution is 2.26. The van der Waals surface area contributed by atoms with Crippen LogP contribution in [0.3, 0.4) is 0 Å². The van der Waals surface area contributed by atoms with E-state index in [9.17, 15) is 4.39 Å². The van der Waals surface area contributed by atoms with Crippen molar-refractivity contribution in [2.45, 2.75) is 13.0 Å². The van der Waals surface area contributed by atoms with Gasteiger partial charge in [-0.3, -0.25) is 0 Å². The molecule has 1 aromatic carbocycles. The van der Waals surface area contributed by atoms with Crippen LogP contribution in [0, 0.1) is 17.1 Å². The predicted molar refractivity (Wildman–Crippen MR) is 70.5 cm³/mol. The first-order valence-corrected chi connectivity index (χ1v) is 6.04. The molecular weight excluding hydrogens is 285 g/mol. The summed E-state index contributed by atoms with van der Waals surface area (Å²) in [5.74, 6) is -0.422. The molecule has 0 aromatic heterocycles. The van der Waals surface area contributed by atoms with Crippen molar-refractivity contribution in [3.8, 4) is 6.07 Å². The molecular formula is C12H15BrFN3. The summed E-state index contributed by atoms with van der Waals surface area (Å²) in [7, 11) is 3.92. The lowest BCUT2D eigenvalue weighted by Gasteiger charge is -2.20. The van der Waals surface area contributed by atoms with Gasteiger partial charge in [0, 0.05) is 12.6 Å². The second-order valence-electron chi connectivity index (χ2n) is 4.21. The molecule has 0 bridgehead atoms. The molecule has 3 nitrogen and oxygen atoms in total. The first kappa shape index (κ1) is 13.9. The van der Waals surface area contributed by atoms with Gasteiger partial charge in [-0.1, -0.05) is 0 Å². The number of benzene rings is 1. The van der Waals surface area contributed by atoms with E-state index in [1.807, 2.05) is 32.0 Å². The van der Waals surface area contributed by atoms with Crippen LogP contribution in [0.4, 0.5) is 10.1 Å². The SMILES string of the molecule is CC(CN(C)C)Nc1ccc(C#N)c(Br)c1F. The lowest BCUT2D eigenvalue weighted by Crippen LogP contribution is -2.30. The Morgan fingerprint density at radius 1 is 1.53 bits per heavy atom. The monoisotopic (exact) mass is 299 g/mol. The van der Waals surface area contributed by atoms with E-state index >= 15 is 0 Å². The fourth-order valence-electron chi connectivity index (χ4n) is 1.61. The Morgan fingerprint density at radius 3 is 2.71 bits per heavy atom. The van der Waals surface area contributed by atoms with E-state index in [4.69, 9.17) is 5.26 Å². The standard InChI is InChI=1S/C12H15BrFN3/c1-8(7-17(2)3)16-10-5-4-9(6-15)11(13)12(10)14/h4-5,8,16H,7H2,1-3H3. The van der Waals surface area contributed by atoms with Crippen molar-refractivity contribution in [1.82, 2.24) is 4.90 Å². The molecule has 1 rings (SSSR count). The Hall–Kier alpha value is -1.12. The zero-order chi connectivity index (χ0) is 13.0. The van der Waals surface area contributed by atoms with Crippen molar-refractivity contribution < 1.29 is 4.39 Å². The minimum absolute atomic E-state index is 0.124. The number of anilines is 1. The quantitative estimate of drug-likeness (QED) is 0.929. The van der Waals surface area contributed by atoms with E-state index in [2.05, 4.69) is 21.2 Å². The van der Waals surface area contributed by atoms with Crippen LogP contribution in [-0.2, 0) is 0 Å². The summed E-state index contributed by atoms with van der Waals surface area (Å²) in [5, 5.41) is 11.8. The van der Waals surface area contributed by atoms with Crippen LogP contribution >= 0.6 is 15.9 Å². The molecule has 1 N–H and O–H groups in total. The van der Waals surface area contributed by atoms with Gasteiger partial charge in [0.05, 0.1) is 15.7 Å². The van der Waals surface area contributed by atoms with Gasteiger partial charge in [0.25, 0.3) is 0 Å². The Kier molecular flexibility index (Phi) is 4.91. The van der Waals surface area contributed by atoms with Gasteiger partial charge in [-0.2, -0.15) is 5.26 Å². The lowest BCUT2D eigenvalue weighted by atomic mass is 10.2. The van der Waals surface area contributed by atoms with Crippen molar-refractivity contribution in [1.29, 1.82) is 5.26 Å². The number of likely N-dealkylation sites (N-methyl/N-ethyl adjacent to an activating group) is 1. The number of nitriles is 1. The van der Waals surface area contributed by atoms with Gasteiger partial charge in [-0.15, -0.1) is 0 Å². The zero-order valence-electron chi connectivity index (χ0n) is 10.1. The number of rotatable bonds is 4. The largest absolute Gasteiger partial charge is 0.379 e. The molecule has 0 aliphatic heterocycles. The summed E-state index contributed by atoms with van der Waals surface area (Å²) in [6, 6.07) is 5.23. The summed E-state index contributed by atoms with van der Waals surface area (Å²) in [6.07, 6.45) is 0. The van der Waals surface area contributed by atoms with E-state index in [0.717, 1.165) is 6.54 Å². The summed E-state index contributed by atoms with van der Waals surface area (Å²) in [4.78, 5) is 2.02. The van der Waals surface area contributed by atoms with Gasteiger partial charge in [0.2, 0.25) is 0 Å². The van der Waals surface area contributed by atoms with Crippen LogP contribution in [0.25, 0.3) is 0 Å². The molecule has 17 heavy (non-hydrogen) atoms. The molecule has 92 valence electrons. The maximum Gasteiger partial charge on any atom is 0.161 e. The molecule has 5 heteroatoms. The molecule has 1 unspecified atom stereocenters. The van der Waals surface area contributed by atoms with Crippen LogP contribution in [0.1, 0.15) is 12.5 Å². The third-order valence-electron chi connectivity index (χ3n) is 2.24. The number of hydrogen-bond donors (Lipinski definition) is 1. The molecule has 0 saturated heterocycles. The van der Waals surface area contributed by atoms with Gasteiger partial charge in [-0.05, 0) is 49.1 Å². The molecule has 0 saturated carbocycles. The van der Waals surface area contributed by atoms with Crippen LogP contribution in [-0.4, -0.2) is 31.6 Å². The molecule has 0 heterocycles. The maximum atomic E-state index is 13.9. The maximum absolute atomic E-state index is 13.9. The van der Waals surface area contributed by atoms with Gasteiger partial charge < -0.3 is 10.2 Å². The molecule has 0 spiro atoms. The third kappa shape index (κ3) is 3.69. The van der Waals surface area contributed by atoms with Crippen molar-refractivity contribution >= 4 is 21.6 Å². The van der Waals surface area contributed by atoms with Crippen LogP contribution in [0.5, 0.6) is 0 Å². The summed E-state index contributed by atoms with van der Waals surface area (Å²) >= 11 is 3.08. The smallest absolute Gasteiger partial charge is 0.161 e. The summed E-state index contributed by atoms with van der Waals surface area (Å²) in [6.45, 7) is 2.78. The first-order valence-electron chi connectivity index (χ1n) is 5.25. The van der Waals surface area contributed by atoms with Crippen LogP contribution in [0.15, 0.2) is 16.6 Å². The van der Waals surface area contributed by atoms with E-state index < -0.39 is 5.82 Å². The van der Waals surface area contributed by atoms with Crippen LogP contribution < -0.4 is 5.32 Å². The van der Waals surface area contributed by atoms with Gasteiger partial charge >= 0.3 is 0 Å². The molecule has 0 aliphatic carbocycles. The number of nitrogens with zero attached hydrogens (tertiary/aromatic N) is 2. The molecule has 1 atom stereocenters. The van der Waals surface area contributed by atoms with Crippen molar-refractivity contribution in [2.24, 2.45) is 0 Å². The number of halogens is 2. The highest BCUT2D eigenvalue weighted by atomic mass is 79.9. The van der Waals surface area contributed by atoms with E-state index in [0.29, 0.717) is 11.3 Å². The molecule has 0 amide bonds. The second-order valence-corrected chi connectivity index (χ2v) is 5.00. The Labute approximate surface area is 109 Å². The van der Waals surface area contributed by atoms with Crippen molar-refractivity contribution in [2.75, 3.05) is 26.0 Å². The number of nitrogens with one attached hydrogen (secondary N) is 1. The highest BCUT2D eigenvalue weighted by molar-refractivity contribution is 9.10. The Morgan fingerprint density at radius 2 is 2.18 bits per heavy atom. The third-order valence-corrected chi connectivity index (χ3v) is 3.02. The Bertz CT molecular complexity index is 440. The fraction of sp³-hybridized carbons (Fsp3) is 0.417. The lowest BCUT2D eigenvalue weighted by molar-refractivity contribution is 0.391. The molecule has 1 aromatic rings. The summed E-state index contributed by atoms with van der Waals surface area (Å²) < 4.78 is 14.1. The minimum Gasteiger partial charge on any atom is -0.379 e. The second kappa shape index (κ2) is 5.99. The van der Waals surface area contributed by atoms with E-state index in [1.165, 1.54) is 0 Å². The number of hydrogen-bond acceptors (Lipinski definition) is 3. The van der Waals surface area contributed by atoms with Gasteiger partial charge in [-0.25, -0.2) is 4.39 Å². The fourth-order valence-corrected chi connectivity index (χ4v) is 2.04. The van der Waals surface area contributed by atoms with Gasteiger partial charge in [0.15, 0.2) is 5.82 Å². The molecule has 0 aliphatic rings. The van der Waals surface area contributed by atoms with E-state index in [-0.39, 0.29) is 10.5 Å². The topological polar surface area (TPSA) is 39.1 Å². The van der Waals surface area contributed by atoms with E-state index in [1.54, 1.807) is 12.1 Å². The molecule has 0 fully saturated rings. The normalized spacial score (nSPS) is 12.3. The van der Waals surface area contributed by atoms with Gasteiger partial charge in [0.1, 0.15) is 6.07 Å². The van der Waals surface area contributed by atoms with Crippen molar-refractivity contribution in [3.05, 3.63) is 28.0 Å². The predicted octanol–water partition coefficient (Wildman–Crippen LogP) is 2.82. The molecule has 0 radical (unpaired) electrons. The first-order chi connectivity index (χ1) is 7.95. The van der Waals surface area contributed by atoms with Crippen molar-refractivity contribution in [3.63, 3.8) is 0 Å². The van der Waals surface area contributed by atoms with Crippen LogP contribution in [0.2, 0.25) is 0 Å². The average molecular weight is 300 g/mol. The Balaban J connectivity index is 2.87. The summed E-state index contributed by atoms with van der Waals surface area (Å²) in [5.41, 5.74) is 0.707. The zero-order valence-corrected chi connectivity index (χ0v) is 11.7. The average Bonchev–Trinajstić information content (AvgIpc) is 2.24.